The van der Waals surface area contributed by atoms with E-state index >= 15 is 0 Å². The number of amides is 4. The molecule has 2 N–H and O–H groups in total. The van der Waals surface area contributed by atoms with Crippen LogP contribution in [0.3, 0.4) is 0 Å². The first kappa shape index (κ1) is 22.0. The van der Waals surface area contributed by atoms with Crippen molar-refractivity contribution in [3.63, 3.8) is 0 Å². The minimum Gasteiger partial charge on any atom is -0.490 e. The maximum absolute atomic E-state index is 13.2. The number of aryl methyl sites for hydroxylation is 2. The van der Waals surface area contributed by atoms with Gasteiger partial charge in [0, 0.05) is 6.42 Å². The number of benzene rings is 2. The van der Waals surface area contributed by atoms with E-state index in [1.165, 1.54) is 0 Å². The molecule has 8 nitrogen and oxygen atoms in total. The average molecular weight is 458 g/mol. The SMILES string of the molecule is Cc1cc(C)c(NC(=O)CN2C(=O)N[C@](C)(c3ccc4c(c3)OCCCO4)C2=O)c(Cl)c1. The molecular weight excluding hydrogens is 434 g/mol. The molecule has 32 heavy (non-hydrogen) atoms. The minimum absolute atomic E-state index is 0.394. The van der Waals surface area contributed by atoms with Gasteiger partial charge in [-0.1, -0.05) is 23.7 Å². The third kappa shape index (κ3) is 3.98. The Bertz CT molecular complexity index is 1100. The zero-order valence-corrected chi connectivity index (χ0v) is 18.8. The molecule has 2 aliphatic rings. The van der Waals surface area contributed by atoms with Gasteiger partial charge in [-0.25, -0.2) is 4.79 Å². The van der Waals surface area contributed by atoms with E-state index < -0.39 is 29.9 Å². The van der Waals surface area contributed by atoms with Crippen LogP contribution >= 0.6 is 11.6 Å². The number of halogens is 1. The highest BCUT2D eigenvalue weighted by Crippen LogP contribution is 2.36. The van der Waals surface area contributed by atoms with Crippen LogP contribution in [0.15, 0.2) is 30.3 Å². The molecule has 1 saturated heterocycles. The lowest BCUT2D eigenvalue weighted by molar-refractivity contribution is -0.133. The number of hydrogen-bond acceptors (Lipinski definition) is 5. The number of fused-ring (bicyclic) bond motifs is 1. The largest absolute Gasteiger partial charge is 0.490 e. The lowest BCUT2D eigenvalue weighted by Gasteiger charge is -2.23. The molecule has 0 unspecified atom stereocenters. The summed E-state index contributed by atoms with van der Waals surface area (Å²) in [6, 6.07) is 8.10. The number of imide groups is 1. The standard InChI is InChI=1S/C23H24ClN3O5/c1-13-9-14(2)20(16(24)10-13)25-19(28)12-27-21(29)23(3,26-22(27)30)15-5-6-17-18(11-15)32-8-4-7-31-17/h5-6,9-11H,4,7-8,12H2,1-3H3,(H,25,28)(H,26,30)/t23-/m1/s1. The summed E-state index contributed by atoms with van der Waals surface area (Å²) in [5.41, 5.74) is 1.42. The number of anilines is 1. The third-order valence-electron chi connectivity index (χ3n) is 5.60. The van der Waals surface area contributed by atoms with Crippen LogP contribution in [0.25, 0.3) is 0 Å². The second-order valence-corrected chi connectivity index (χ2v) is 8.55. The summed E-state index contributed by atoms with van der Waals surface area (Å²) in [5, 5.41) is 5.80. The predicted octanol–water partition coefficient (Wildman–Crippen LogP) is 3.52. The van der Waals surface area contributed by atoms with Gasteiger partial charge in [0.2, 0.25) is 5.91 Å². The summed E-state index contributed by atoms with van der Waals surface area (Å²) < 4.78 is 11.3. The van der Waals surface area contributed by atoms with Gasteiger partial charge in [0.25, 0.3) is 5.91 Å². The second kappa shape index (κ2) is 8.35. The zero-order chi connectivity index (χ0) is 23.0. The van der Waals surface area contributed by atoms with Crippen LogP contribution in [0.4, 0.5) is 10.5 Å². The van der Waals surface area contributed by atoms with Crippen LogP contribution in [0.5, 0.6) is 11.5 Å². The van der Waals surface area contributed by atoms with Crippen molar-refractivity contribution in [3.05, 3.63) is 52.0 Å². The average Bonchev–Trinajstić information content (AvgIpc) is 2.90. The molecule has 4 rings (SSSR count). The topological polar surface area (TPSA) is 97.0 Å². The summed E-state index contributed by atoms with van der Waals surface area (Å²) >= 11 is 6.25. The number of carbonyl (C=O) groups excluding carboxylic acids is 3. The van der Waals surface area contributed by atoms with Crippen molar-refractivity contribution in [3.8, 4) is 11.5 Å². The van der Waals surface area contributed by atoms with E-state index in [0.29, 0.717) is 41.0 Å². The van der Waals surface area contributed by atoms with Crippen molar-refractivity contribution in [2.45, 2.75) is 32.7 Å². The molecular formula is C23H24ClN3O5. The number of carbonyl (C=O) groups is 3. The highest BCUT2D eigenvalue weighted by Gasteiger charge is 2.49. The Morgan fingerprint density at radius 3 is 2.59 bits per heavy atom. The Labute approximate surface area is 190 Å². The molecule has 0 saturated carbocycles. The van der Waals surface area contributed by atoms with Crippen LogP contribution in [-0.4, -0.2) is 42.5 Å². The zero-order valence-electron chi connectivity index (χ0n) is 18.1. The number of urea groups is 1. The van der Waals surface area contributed by atoms with Crippen LogP contribution in [0.2, 0.25) is 5.02 Å². The van der Waals surface area contributed by atoms with Crippen LogP contribution in [0.1, 0.15) is 30.0 Å². The van der Waals surface area contributed by atoms with Gasteiger partial charge in [-0.3, -0.25) is 14.5 Å². The van der Waals surface area contributed by atoms with Gasteiger partial charge in [0.1, 0.15) is 12.1 Å². The van der Waals surface area contributed by atoms with E-state index in [4.69, 9.17) is 21.1 Å². The highest BCUT2D eigenvalue weighted by molar-refractivity contribution is 6.34. The lowest BCUT2D eigenvalue weighted by Crippen LogP contribution is -2.42. The van der Waals surface area contributed by atoms with Crippen LogP contribution in [-0.2, 0) is 15.1 Å². The van der Waals surface area contributed by atoms with Gasteiger partial charge in [-0.05, 0) is 55.7 Å². The number of hydrogen-bond donors (Lipinski definition) is 2. The minimum atomic E-state index is -1.33. The first-order valence-electron chi connectivity index (χ1n) is 10.3. The smallest absolute Gasteiger partial charge is 0.325 e. The fourth-order valence-electron chi connectivity index (χ4n) is 3.91. The molecule has 0 radical (unpaired) electrons. The van der Waals surface area contributed by atoms with Gasteiger partial charge in [0.15, 0.2) is 11.5 Å². The summed E-state index contributed by atoms with van der Waals surface area (Å²) in [5.74, 6) is 0.0567. The molecule has 2 heterocycles. The Kier molecular flexibility index (Phi) is 5.73. The first-order valence-corrected chi connectivity index (χ1v) is 10.7. The number of nitrogens with zero attached hydrogens (tertiary/aromatic N) is 1. The number of rotatable bonds is 4. The lowest BCUT2D eigenvalue weighted by atomic mass is 9.91. The number of ether oxygens (including phenoxy) is 2. The van der Waals surface area contributed by atoms with Gasteiger partial charge in [-0.15, -0.1) is 0 Å². The molecule has 0 aliphatic carbocycles. The molecule has 0 bridgehead atoms. The van der Waals surface area contributed by atoms with Crippen molar-refractivity contribution >= 4 is 35.1 Å². The molecule has 1 fully saturated rings. The van der Waals surface area contributed by atoms with Crippen molar-refractivity contribution in [2.75, 3.05) is 25.1 Å². The molecule has 2 aromatic rings. The molecule has 0 spiro atoms. The number of nitrogens with one attached hydrogen (secondary N) is 2. The molecule has 2 aromatic carbocycles. The van der Waals surface area contributed by atoms with Crippen LogP contribution in [0, 0.1) is 13.8 Å². The van der Waals surface area contributed by atoms with E-state index in [1.54, 1.807) is 31.2 Å². The van der Waals surface area contributed by atoms with Crippen molar-refractivity contribution in [1.29, 1.82) is 0 Å². The first-order chi connectivity index (χ1) is 15.2. The molecule has 1 atom stereocenters. The summed E-state index contributed by atoms with van der Waals surface area (Å²) in [6.45, 7) is 5.94. The molecule has 168 valence electrons. The van der Waals surface area contributed by atoms with Gasteiger partial charge >= 0.3 is 6.03 Å². The fourth-order valence-corrected chi connectivity index (χ4v) is 4.28. The van der Waals surface area contributed by atoms with Gasteiger partial charge < -0.3 is 20.1 Å². The van der Waals surface area contributed by atoms with Crippen molar-refractivity contribution in [2.24, 2.45) is 0 Å². The van der Waals surface area contributed by atoms with Gasteiger partial charge in [0.05, 0.1) is 23.9 Å². The maximum atomic E-state index is 13.2. The van der Waals surface area contributed by atoms with E-state index in [0.717, 1.165) is 22.4 Å². The Balaban J connectivity index is 1.53. The maximum Gasteiger partial charge on any atom is 0.325 e. The molecule has 4 amide bonds. The van der Waals surface area contributed by atoms with E-state index in [1.807, 2.05) is 19.9 Å². The summed E-state index contributed by atoms with van der Waals surface area (Å²) in [7, 11) is 0. The summed E-state index contributed by atoms with van der Waals surface area (Å²) in [6.07, 6.45) is 0.754. The molecule has 2 aliphatic heterocycles. The Morgan fingerprint density at radius 1 is 1.16 bits per heavy atom. The quantitative estimate of drug-likeness (QED) is 0.684. The summed E-state index contributed by atoms with van der Waals surface area (Å²) in [4.78, 5) is 39.4. The second-order valence-electron chi connectivity index (χ2n) is 8.15. The Morgan fingerprint density at radius 2 is 1.88 bits per heavy atom. The Hall–Kier alpha value is -3.26. The third-order valence-corrected chi connectivity index (χ3v) is 5.90. The van der Waals surface area contributed by atoms with E-state index in [-0.39, 0.29) is 0 Å². The monoisotopic (exact) mass is 457 g/mol. The van der Waals surface area contributed by atoms with Crippen LogP contribution < -0.4 is 20.1 Å². The molecule has 0 aromatic heterocycles. The van der Waals surface area contributed by atoms with E-state index in [9.17, 15) is 14.4 Å². The van der Waals surface area contributed by atoms with E-state index in [2.05, 4.69) is 10.6 Å². The normalized spacial score (nSPS) is 20.1. The van der Waals surface area contributed by atoms with Crippen molar-refractivity contribution < 1.29 is 23.9 Å². The fraction of sp³-hybridized carbons (Fsp3) is 0.348. The molecule has 9 heteroatoms. The highest BCUT2D eigenvalue weighted by atomic mass is 35.5. The predicted molar refractivity (Wildman–Crippen MR) is 119 cm³/mol. The van der Waals surface area contributed by atoms with Crippen molar-refractivity contribution in [1.82, 2.24) is 10.2 Å². The van der Waals surface area contributed by atoms with Gasteiger partial charge in [-0.2, -0.15) is 0 Å².